The van der Waals surface area contributed by atoms with Crippen molar-refractivity contribution >= 4 is 96.5 Å². The number of hydrogen-bond acceptors (Lipinski definition) is 21. The van der Waals surface area contributed by atoms with Gasteiger partial charge in [-0.1, -0.05) is 38.1 Å². The molecule has 1 atom stereocenters. The molecule has 6 aromatic heterocycles. The van der Waals surface area contributed by atoms with E-state index in [0.717, 1.165) is 99.6 Å². The zero-order valence-electron chi connectivity index (χ0n) is 60.9. The summed E-state index contributed by atoms with van der Waals surface area (Å²) in [6.07, 6.45) is 16.9. The molecule has 29 heteroatoms. The van der Waals surface area contributed by atoms with Gasteiger partial charge in [0, 0.05) is 159 Å². The second-order valence-electron chi connectivity index (χ2n) is 25.2. The average Bonchev–Trinajstić information content (AvgIpc) is 1.79. The molecule has 7 heterocycles. The highest BCUT2D eigenvalue weighted by Crippen LogP contribution is 2.40. The summed E-state index contributed by atoms with van der Waals surface area (Å²) in [6, 6.07) is 40.8. The average molecular weight is 1500 g/mol. The van der Waals surface area contributed by atoms with E-state index in [1.165, 1.54) is 19.1 Å². The number of ether oxygens (including phenoxy) is 5. The molecule has 0 fully saturated rings. The molecule has 13 aromatic rings. The summed E-state index contributed by atoms with van der Waals surface area (Å²) < 4.78 is 58.3. The van der Waals surface area contributed by atoms with Crippen molar-refractivity contribution in [3.63, 3.8) is 0 Å². The highest BCUT2D eigenvalue weighted by Gasteiger charge is 2.50. The quantitative estimate of drug-likeness (QED) is 0.0448. The van der Waals surface area contributed by atoms with Crippen molar-refractivity contribution < 1.29 is 52.0 Å². The second kappa shape index (κ2) is 33.8. The molecular formula is C80H82ClF2N17O9. The summed E-state index contributed by atoms with van der Waals surface area (Å²) in [5, 5.41) is 28.5. The molecule has 1 aliphatic rings. The van der Waals surface area contributed by atoms with Crippen molar-refractivity contribution in [2.75, 3.05) is 83.0 Å². The van der Waals surface area contributed by atoms with Gasteiger partial charge in [-0.3, -0.25) is 48.7 Å². The predicted octanol–water partition coefficient (Wildman–Crippen LogP) is 14.5. The van der Waals surface area contributed by atoms with E-state index in [1.807, 2.05) is 126 Å². The number of aromatic nitrogens is 12. The number of aliphatic hydroxyl groups is 1. The van der Waals surface area contributed by atoms with Crippen molar-refractivity contribution in [2.24, 2.45) is 7.05 Å². The molecule has 14 rings (SSSR count). The van der Waals surface area contributed by atoms with E-state index < -0.39 is 17.4 Å². The fourth-order valence-corrected chi connectivity index (χ4v) is 12.2. The molecule has 0 aliphatic carbocycles. The molecule has 562 valence electrons. The van der Waals surface area contributed by atoms with Crippen LogP contribution in [0.25, 0.3) is 66.9 Å². The molecular weight excluding hydrogens is 1420 g/mol. The third kappa shape index (κ3) is 17.3. The number of aryl methyl sites for hydroxylation is 2. The lowest BCUT2D eigenvalue weighted by atomic mass is 9.98. The van der Waals surface area contributed by atoms with Crippen LogP contribution in [0.1, 0.15) is 62.3 Å². The molecule has 0 radical (unpaired) electrons. The van der Waals surface area contributed by atoms with Crippen LogP contribution < -0.4 is 43.7 Å². The molecule has 3 amide bonds. The molecule has 26 nitrogen and oxygen atoms in total. The zero-order valence-corrected chi connectivity index (χ0v) is 61.7. The van der Waals surface area contributed by atoms with Gasteiger partial charge in [-0.15, -0.1) is 0 Å². The number of anilines is 6. The molecule has 7 aromatic carbocycles. The van der Waals surface area contributed by atoms with E-state index in [1.54, 1.807) is 118 Å². The van der Waals surface area contributed by atoms with Gasteiger partial charge < -0.3 is 48.8 Å². The Kier molecular flexibility index (Phi) is 24.0. The van der Waals surface area contributed by atoms with Crippen LogP contribution in [-0.2, 0) is 18.4 Å². The Morgan fingerprint density at radius 2 is 1.03 bits per heavy atom. The first kappa shape index (κ1) is 77.4. The maximum absolute atomic E-state index is 13.8. The van der Waals surface area contributed by atoms with Gasteiger partial charge in [0.25, 0.3) is 23.6 Å². The lowest BCUT2D eigenvalue weighted by Crippen LogP contribution is -2.56. The molecule has 0 saturated heterocycles. The molecule has 1 unspecified atom stereocenters. The number of benzene rings is 7. The van der Waals surface area contributed by atoms with Crippen LogP contribution in [0.4, 0.5) is 42.9 Å². The third-order valence-electron chi connectivity index (χ3n) is 18.1. The SMILES string of the molecule is C.CCCN(c1ccc2ncc(-c3cn[nH]c3)nc2c1)c1cc(OC)ccc1Cl.CCn1cc(-c2cnc3ccc(N(CCN4C(=O)c5ccccc5C4=O)c4cc(OC)cc(OC)c4)cc3n2)cn1.COc1cc(OC)cc(N(CCNC(=O)C(C)(O)C(C)(F)F)c2ccc3ncc(-c4cnn(C)c4)nc3c2)c1. The smallest absolute Gasteiger partial charge is 0.282 e. The van der Waals surface area contributed by atoms with Gasteiger partial charge in [-0.2, -0.15) is 15.3 Å². The van der Waals surface area contributed by atoms with Crippen molar-refractivity contribution in [3.8, 4) is 62.5 Å². The number of rotatable bonds is 25. The number of nitrogens with one attached hydrogen (secondary N) is 2. The van der Waals surface area contributed by atoms with E-state index in [9.17, 15) is 28.3 Å². The maximum Gasteiger partial charge on any atom is 0.282 e. The van der Waals surface area contributed by atoms with Crippen LogP contribution >= 0.6 is 11.6 Å². The number of alkyl halides is 2. The molecule has 1 aliphatic heterocycles. The van der Waals surface area contributed by atoms with E-state index in [4.69, 9.17) is 50.2 Å². The first-order chi connectivity index (χ1) is 52.1. The topological polar surface area (TPSA) is 284 Å². The minimum Gasteiger partial charge on any atom is -0.497 e. The van der Waals surface area contributed by atoms with Gasteiger partial charge >= 0.3 is 0 Å². The van der Waals surface area contributed by atoms with Crippen molar-refractivity contribution in [3.05, 3.63) is 205 Å². The Morgan fingerprint density at radius 1 is 0.550 bits per heavy atom. The Bertz CT molecular complexity index is 5330. The molecule has 0 spiro atoms. The van der Waals surface area contributed by atoms with Crippen LogP contribution in [0.3, 0.4) is 0 Å². The van der Waals surface area contributed by atoms with Crippen LogP contribution in [0.2, 0.25) is 5.02 Å². The van der Waals surface area contributed by atoms with Crippen molar-refractivity contribution in [1.82, 2.24) is 69.9 Å². The fraction of sp³-hybridized carbons (Fsp3) is 0.250. The van der Waals surface area contributed by atoms with Gasteiger partial charge in [-0.05, 0) is 99.1 Å². The summed E-state index contributed by atoms with van der Waals surface area (Å²) >= 11 is 6.51. The Hall–Kier alpha value is -12.7. The maximum atomic E-state index is 13.8. The van der Waals surface area contributed by atoms with Crippen LogP contribution in [0.5, 0.6) is 28.7 Å². The minimum atomic E-state index is -3.63. The summed E-state index contributed by atoms with van der Waals surface area (Å²) in [4.78, 5) is 73.9. The number of imide groups is 1. The predicted molar refractivity (Wildman–Crippen MR) is 416 cm³/mol. The van der Waals surface area contributed by atoms with E-state index in [2.05, 4.69) is 52.5 Å². The van der Waals surface area contributed by atoms with E-state index >= 15 is 0 Å². The number of methoxy groups -OCH3 is 5. The Morgan fingerprint density at radius 3 is 1.47 bits per heavy atom. The molecule has 109 heavy (non-hydrogen) atoms. The number of fused-ring (bicyclic) bond motifs is 4. The van der Waals surface area contributed by atoms with Gasteiger partial charge in [0.1, 0.15) is 28.7 Å². The number of carbonyl (C=O) groups is 3. The summed E-state index contributed by atoms with van der Waals surface area (Å²) in [7, 11) is 9.71. The standard InChI is InChI=1S/C31H28N6O4.C27H30F2N6O4.C21H20ClN5O.CH4/c1-4-35-19-20(17-33-35)29-18-32-27-10-9-21(15-28(27)34-29)36(22-13-23(40-2)16-24(14-22)41-3)11-12-37-30(38)25-7-5-6-8-26(25)31(37)39;1-26(37,27(2,28)29)25(36)30-8-9-35(19-10-20(38-4)13-21(11-19)39-5)18-6-7-22-23(12-18)33-24(15-31-22)17-14-32-34(3)16-17;1-3-8-27(21-10-16(28-2)5-6-17(21)22)15-4-7-18-19(9-15)26-20(13-23-18)14-11-24-25-12-14;/h5-10,13-19H,4,11-12H2,1-3H3;6-7,10-16,37H,8-9H2,1-5H3,(H,30,36);4-7,9-13H,3,8H2,1-2H3,(H,24,25);1H4. The van der Waals surface area contributed by atoms with Crippen molar-refractivity contribution in [2.45, 2.75) is 59.6 Å². The van der Waals surface area contributed by atoms with Crippen LogP contribution in [0.15, 0.2) is 189 Å². The van der Waals surface area contributed by atoms with E-state index in [-0.39, 0.29) is 38.9 Å². The molecule has 3 N–H and O–H groups in total. The normalized spacial score (nSPS) is 12.3. The van der Waals surface area contributed by atoms with Gasteiger partial charge in [-0.25, -0.2) is 23.7 Å². The highest BCUT2D eigenvalue weighted by atomic mass is 35.5. The lowest BCUT2D eigenvalue weighted by Gasteiger charge is -2.30. The monoisotopic (exact) mass is 1500 g/mol. The van der Waals surface area contributed by atoms with Crippen LogP contribution in [-0.4, -0.2) is 167 Å². The minimum absolute atomic E-state index is 0. The first-order valence-corrected chi connectivity index (χ1v) is 34.8. The summed E-state index contributed by atoms with van der Waals surface area (Å²) in [5.74, 6) is -2.34. The summed E-state index contributed by atoms with van der Waals surface area (Å²) in [5.41, 5.74) is 11.9. The molecule has 0 saturated carbocycles. The number of hydrogen-bond donors (Lipinski definition) is 3. The number of aromatic amines is 1. The van der Waals surface area contributed by atoms with E-state index in [0.29, 0.717) is 86.2 Å². The number of amides is 3. The Labute approximate surface area is 632 Å². The first-order valence-electron chi connectivity index (χ1n) is 34.4. The Balaban J connectivity index is 0.000000165. The second-order valence-corrected chi connectivity index (χ2v) is 25.6. The number of nitrogens with zero attached hydrogens (tertiary/aromatic N) is 15. The number of carbonyl (C=O) groups excluding carboxylic acids is 3. The van der Waals surface area contributed by atoms with Gasteiger partial charge in [0.15, 0.2) is 0 Å². The lowest BCUT2D eigenvalue weighted by molar-refractivity contribution is -0.179. The van der Waals surface area contributed by atoms with Crippen LogP contribution in [0, 0.1) is 0 Å². The third-order valence-corrected chi connectivity index (χ3v) is 18.4. The largest absolute Gasteiger partial charge is 0.497 e. The molecule has 0 bridgehead atoms. The zero-order chi connectivity index (χ0) is 76.4. The highest BCUT2D eigenvalue weighted by molar-refractivity contribution is 6.33. The van der Waals surface area contributed by atoms with Gasteiger partial charge in [0.2, 0.25) is 5.60 Å². The van der Waals surface area contributed by atoms with Gasteiger partial charge in [0.05, 0.1) is 145 Å². The fourth-order valence-electron chi connectivity index (χ4n) is 12.0. The summed E-state index contributed by atoms with van der Waals surface area (Å²) in [6.45, 7) is 7.63. The number of H-pyrrole nitrogens is 1. The number of halogens is 3. The van der Waals surface area contributed by atoms with Crippen molar-refractivity contribution in [1.29, 1.82) is 0 Å².